The van der Waals surface area contributed by atoms with Crippen LogP contribution in [0.15, 0.2) is 40.9 Å². The molecule has 1 aromatic carbocycles. The van der Waals surface area contributed by atoms with Gasteiger partial charge in [0.2, 0.25) is 5.76 Å². The van der Waals surface area contributed by atoms with Crippen LogP contribution in [0.5, 0.6) is 5.88 Å². The van der Waals surface area contributed by atoms with Gasteiger partial charge in [-0.2, -0.15) is 0 Å². The van der Waals surface area contributed by atoms with E-state index < -0.39 is 30.6 Å². The molecule has 1 aliphatic heterocycles. The number of carboxylic acids is 1. The van der Waals surface area contributed by atoms with E-state index in [2.05, 4.69) is 31.7 Å². The maximum absolute atomic E-state index is 12.2. The van der Waals surface area contributed by atoms with E-state index in [0.717, 1.165) is 18.7 Å². The van der Waals surface area contributed by atoms with E-state index in [1.54, 1.807) is 24.3 Å². The summed E-state index contributed by atoms with van der Waals surface area (Å²) in [5, 5.41) is 27.1. The van der Waals surface area contributed by atoms with E-state index in [9.17, 15) is 19.5 Å². The summed E-state index contributed by atoms with van der Waals surface area (Å²) in [6, 6.07) is 8.80. The molecule has 6 N–H and O–H groups in total. The van der Waals surface area contributed by atoms with Crippen LogP contribution in [0.25, 0.3) is 0 Å². The number of hydrogen-bond donors (Lipinski definition) is 6. The van der Waals surface area contributed by atoms with Crippen molar-refractivity contribution in [2.75, 3.05) is 32.8 Å². The van der Waals surface area contributed by atoms with Crippen LogP contribution in [-0.2, 0) is 16.1 Å². The Bertz CT molecular complexity index is 917. The van der Waals surface area contributed by atoms with Crippen LogP contribution < -0.4 is 31.3 Å². The topological polar surface area (TPSA) is 176 Å². The molecule has 1 aliphatic rings. The molecule has 1 saturated heterocycles. The van der Waals surface area contributed by atoms with Crippen molar-refractivity contribution in [1.29, 1.82) is 0 Å². The van der Waals surface area contributed by atoms with Gasteiger partial charge < -0.3 is 29.7 Å². The first kappa shape index (κ1) is 24.0. The van der Waals surface area contributed by atoms with Gasteiger partial charge in [0.1, 0.15) is 25.5 Å². The lowest BCUT2D eigenvalue weighted by atomic mass is 10.2. The number of carbonyl (C=O) groups excluding carboxylic acids is 2. The summed E-state index contributed by atoms with van der Waals surface area (Å²) in [5.41, 5.74) is 0.749. The minimum atomic E-state index is -1.40. The number of ether oxygens (including phenoxy) is 2. The van der Waals surface area contributed by atoms with E-state index >= 15 is 0 Å². The summed E-state index contributed by atoms with van der Waals surface area (Å²) in [5.74, 6) is -2.09. The van der Waals surface area contributed by atoms with E-state index in [0.29, 0.717) is 13.2 Å². The van der Waals surface area contributed by atoms with Crippen LogP contribution in [-0.4, -0.2) is 73.4 Å². The van der Waals surface area contributed by atoms with Gasteiger partial charge in [-0.25, -0.2) is 9.59 Å². The average Bonchev–Trinajstić information content (AvgIpc) is 3.51. The molecule has 1 aromatic heterocycles. The molecule has 0 spiro atoms. The standard InChI is InChI=1S/C20H26N6O7/c27-17(15-10-16(26-33-15)31-9-8-23-19-21-6-7-22-19)24-11-14(18(28)29)25-20(30)32-12-13-4-2-1-3-5-13/h1-5,10,14,19,21-23H,6-9,11-12H2,(H,24,27)(H,25,30)(H,28,29). The van der Waals surface area contributed by atoms with Crippen LogP contribution in [0.1, 0.15) is 16.1 Å². The van der Waals surface area contributed by atoms with Gasteiger partial charge in [-0.05, 0) is 10.7 Å². The fourth-order valence-electron chi connectivity index (χ4n) is 2.83. The van der Waals surface area contributed by atoms with Crippen molar-refractivity contribution in [2.24, 2.45) is 0 Å². The van der Waals surface area contributed by atoms with Crippen LogP contribution in [0.3, 0.4) is 0 Å². The molecule has 1 unspecified atom stereocenters. The van der Waals surface area contributed by atoms with Crippen LogP contribution in [0.4, 0.5) is 4.79 Å². The van der Waals surface area contributed by atoms with Crippen molar-refractivity contribution in [3.8, 4) is 5.88 Å². The Kier molecular flexibility index (Phi) is 8.99. The quantitative estimate of drug-likeness (QED) is 0.218. The smallest absolute Gasteiger partial charge is 0.408 e. The lowest BCUT2D eigenvalue weighted by molar-refractivity contribution is -0.139. The lowest BCUT2D eigenvalue weighted by Gasteiger charge is -2.15. The van der Waals surface area contributed by atoms with E-state index in [1.807, 2.05) is 6.07 Å². The minimum absolute atomic E-state index is 0.0184. The number of amides is 2. The van der Waals surface area contributed by atoms with Gasteiger partial charge in [0, 0.05) is 26.2 Å². The normalized spacial score (nSPS) is 14.4. The van der Waals surface area contributed by atoms with Crippen LogP contribution in [0.2, 0.25) is 0 Å². The number of nitrogens with one attached hydrogen (secondary N) is 5. The van der Waals surface area contributed by atoms with E-state index in [4.69, 9.17) is 14.0 Å². The Morgan fingerprint density at radius 1 is 1.21 bits per heavy atom. The van der Waals surface area contributed by atoms with Crippen molar-refractivity contribution in [2.45, 2.75) is 18.9 Å². The van der Waals surface area contributed by atoms with Gasteiger partial charge in [-0.3, -0.25) is 20.7 Å². The fraction of sp³-hybridized carbons (Fsp3) is 0.400. The SMILES string of the molecule is O=C(NC(CNC(=O)c1cc(OCCNC2NCCN2)no1)C(=O)O)OCc1ccccc1. The molecule has 2 heterocycles. The number of rotatable bonds is 12. The van der Waals surface area contributed by atoms with Crippen LogP contribution in [0, 0.1) is 0 Å². The molecular formula is C20H26N6O7. The number of hydrogen-bond acceptors (Lipinski definition) is 10. The number of carbonyl (C=O) groups is 3. The van der Waals surface area contributed by atoms with Gasteiger partial charge in [0.05, 0.1) is 6.07 Å². The molecule has 13 nitrogen and oxygen atoms in total. The van der Waals surface area contributed by atoms with Gasteiger partial charge in [0.15, 0.2) is 0 Å². The highest BCUT2D eigenvalue weighted by molar-refractivity contribution is 5.92. The summed E-state index contributed by atoms with van der Waals surface area (Å²) < 4.78 is 15.3. The first-order valence-corrected chi connectivity index (χ1v) is 10.3. The molecule has 178 valence electrons. The average molecular weight is 462 g/mol. The Balaban J connectivity index is 1.38. The number of carboxylic acid groups (broad SMARTS) is 1. The van der Waals surface area contributed by atoms with Crippen LogP contribution >= 0.6 is 0 Å². The molecule has 3 rings (SSSR count). The molecule has 0 bridgehead atoms. The van der Waals surface area contributed by atoms with Crippen molar-refractivity contribution in [3.05, 3.63) is 47.7 Å². The number of aliphatic carboxylic acids is 1. The second kappa shape index (κ2) is 12.4. The van der Waals surface area contributed by atoms with Crippen molar-refractivity contribution in [3.63, 3.8) is 0 Å². The molecule has 1 atom stereocenters. The number of benzene rings is 1. The molecule has 0 aliphatic carbocycles. The summed E-state index contributed by atoms with van der Waals surface area (Å²) in [6.07, 6.45) is -0.897. The maximum Gasteiger partial charge on any atom is 0.408 e. The van der Waals surface area contributed by atoms with Crippen molar-refractivity contribution >= 4 is 18.0 Å². The Labute approximate surface area is 189 Å². The number of nitrogens with zero attached hydrogens (tertiary/aromatic N) is 1. The molecule has 1 fully saturated rings. The predicted octanol–water partition coefficient (Wildman–Crippen LogP) is -0.771. The first-order chi connectivity index (χ1) is 16.0. The lowest BCUT2D eigenvalue weighted by Crippen LogP contribution is -2.48. The first-order valence-electron chi connectivity index (χ1n) is 10.3. The molecule has 0 saturated carbocycles. The second-order valence-electron chi connectivity index (χ2n) is 6.98. The van der Waals surface area contributed by atoms with Gasteiger partial charge in [-0.1, -0.05) is 30.3 Å². The second-order valence-corrected chi connectivity index (χ2v) is 6.98. The summed E-state index contributed by atoms with van der Waals surface area (Å²) in [6.45, 7) is 2.18. The molecule has 2 aromatic rings. The number of aromatic nitrogens is 1. The van der Waals surface area contributed by atoms with Gasteiger partial charge in [0.25, 0.3) is 11.8 Å². The molecule has 13 heteroatoms. The third-order valence-corrected chi connectivity index (χ3v) is 4.50. The monoisotopic (exact) mass is 462 g/mol. The van der Waals surface area contributed by atoms with Gasteiger partial charge in [-0.15, -0.1) is 0 Å². The van der Waals surface area contributed by atoms with Crippen molar-refractivity contribution < 1.29 is 33.5 Å². The molecule has 0 radical (unpaired) electrons. The molecule has 33 heavy (non-hydrogen) atoms. The Morgan fingerprint density at radius 3 is 2.70 bits per heavy atom. The highest BCUT2D eigenvalue weighted by Crippen LogP contribution is 2.11. The molecule has 2 amide bonds. The molecular weight excluding hydrogens is 436 g/mol. The fourth-order valence-corrected chi connectivity index (χ4v) is 2.83. The Morgan fingerprint density at radius 2 is 1.97 bits per heavy atom. The minimum Gasteiger partial charge on any atom is -0.480 e. The third kappa shape index (κ3) is 8.07. The summed E-state index contributed by atoms with van der Waals surface area (Å²) in [7, 11) is 0. The largest absolute Gasteiger partial charge is 0.480 e. The van der Waals surface area contributed by atoms with E-state index in [-0.39, 0.29) is 24.5 Å². The zero-order valence-electron chi connectivity index (χ0n) is 17.7. The highest BCUT2D eigenvalue weighted by Gasteiger charge is 2.23. The number of alkyl carbamates (subject to hydrolysis) is 1. The van der Waals surface area contributed by atoms with Gasteiger partial charge >= 0.3 is 12.1 Å². The summed E-state index contributed by atoms with van der Waals surface area (Å²) in [4.78, 5) is 35.5. The van der Waals surface area contributed by atoms with E-state index in [1.165, 1.54) is 6.07 Å². The van der Waals surface area contributed by atoms with Crippen molar-refractivity contribution in [1.82, 2.24) is 31.7 Å². The third-order valence-electron chi connectivity index (χ3n) is 4.50. The Hall–Kier alpha value is -3.68. The predicted molar refractivity (Wildman–Crippen MR) is 113 cm³/mol. The maximum atomic E-state index is 12.2. The highest BCUT2D eigenvalue weighted by atomic mass is 16.5. The zero-order valence-corrected chi connectivity index (χ0v) is 17.7. The zero-order chi connectivity index (χ0) is 23.5. The summed E-state index contributed by atoms with van der Waals surface area (Å²) >= 11 is 0.